The molecule has 0 amide bonds. The number of benzene rings is 2. The van der Waals surface area contributed by atoms with Crippen LogP contribution in [0.25, 0.3) is 11.4 Å². The van der Waals surface area contributed by atoms with E-state index in [1.165, 1.54) is 18.2 Å². The van der Waals surface area contributed by atoms with Crippen LogP contribution in [0.4, 0.5) is 24.7 Å². The van der Waals surface area contributed by atoms with E-state index in [2.05, 4.69) is 15.3 Å². The Balaban J connectivity index is 1.99. The van der Waals surface area contributed by atoms with Gasteiger partial charge < -0.3 is 5.32 Å². The Morgan fingerprint density at radius 1 is 0.885 bits per heavy atom. The lowest BCUT2D eigenvalue weighted by atomic mass is 10.1. The highest BCUT2D eigenvalue weighted by Crippen LogP contribution is 2.33. The minimum absolute atomic E-state index is 0.0456. The molecule has 9 heteroatoms. The van der Waals surface area contributed by atoms with Crippen LogP contribution in [0.3, 0.4) is 0 Å². The average molecular weight is 419 g/mol. The summed E-state index contributed by atoms with van der Waals surface area (Å²) in [5.41, 5.74) is -0.141. The molecule has 2 aromatic carbocycles. The van der Waals surface area contributed by atoms with Gasteiger partial charge in [0, 0.05) is 16.7 Å². The third-order valence-corrected chi connectivity index (χ3v) is 4.09. The van der Waals surface area contributed by atoms with Crippen molar-refractivity contribution in [1.29, 1.82) is 0 Å². The monoisotopic (exact) mass is 417 g/mol. The zero-order chi connectivity index (χ0) is 18.9. The quantitative estimate of drug-likeness (QED) is 0.472. The Labute approximate surface area is 161 Å². The number of aromatic nitrogens is 2. The Kier molecular flexibility index (Phi) is 5.27. The molecule has 26 heavy (non-hydrogen) atoms. The van der Waals surface area contributed by atoms with E-state index in [1.54, 1.807) is 18.2 Å². The molecule has 0 unspecified atom stereocenters. The van der Waals surface area contributed by atoms with Gasteiger partial charge >= 0.3 is 6.18 Å². The van der Waals surface area contributed by atoms with Crippen LogP contribution >= 0.6 is 34.8 Å². The first kappa shape index (κ1) is 18.8. The van der Waals surface area contributed by atoms with E-state index < -0.39 is 11.7 Å². The molecule has 0 spiro atoms. The van der Waals surface area contributed by atoms with Crippen LogP contribution in [0.5, 0.6) is 0 Å². The number of nitrogens with one attached hydrogen (secondary N) is 1. The lowest BCUT2D eigenvalue weighted by Crippen LogP contribution is -2.05. The van der Waals surface area contributed by atoms with Crippen molar-refractivity contribution < 1.29 is 13.2 Å². The number of hydrogen-bond acceptors (Lipinski definition) is 3. The van der Waals surface area contributed by atoms with E-state index in [9.17, 15) is 13.2 Å². The Morgan fingerprint density at radius 3 is 2.38 bits per heavy atom. The van der Waals surface area contributed by atoms with E-state index in [4.69, 9.17) is 34.8 Å². The topological polar surface area (TPSA) is 37.8 Å². The Bertz CT molecular complexity index is 961. The SMILES string of the molecule is FC(F)(F)c1cccc(-c2nc(Cl)cc(Nc3cc(Cl)ccc3Cl)n2)c1. The van der Waals surface area contributed by atoms with Gasteiger partial charge in [0.1, 0.15) is 11.0 Å². The molecule has 1 N–H and O–H groups in total. The molecule has 3 nitrogen and oxygen atoms in total. The van der Waals surface area contributed by atoms with Crippen molar-refractivity contribution >= 4 is 46.3 Å². The summed E-state index contributed by atoms with van der Waals surface area (Å²) in [5.74, 6) is 0.311. The highest BCUT2D eigenvalue weighted by atomic mass is 35.5. The highest BCUT2D eigenvalue weighted by Gasteiger charge is 2.30. The Morgan fingerprint density at radius 2 is 1.65 bits per heavy atom. The van der Waals surface area contributed by atoms with Crippen LogP contribution in [-0.4, -0.2) is 9.97 Å². The molecule has 3 rings (SSSR count). The minimum Gasteiger partial charge on any atom is -0.339 e. The lowest BCUT2D eigenvalue weighted by Gasteiger charge is -2.11. The molecule has 3 aromatic rings. The maximum Gasteiger partial charge on any atom is 0.416 e. The van der Waals surface area contributed by atoms with E-state index in [1.807, 2.05) is 0 Å². The van der Waals surface area contributed by atoms with Crippen molar-refractivity contribution in [3.63, 3.8) is 0 Å². The number of nitrogens with zero attached hydrogens (tertiary/aromatic N) is 2. The van der Waals surface area contributed by atoms with Crippen molar-refractivity contribution in [3.8, 4) is 11.4 Å². The summed E-state index contributed by atoms with van der Waals surface area (Å²) >= 11 is 18.0. The number of alkyl halides is 3. The maximum atomic E-state index is 12.9. The average Bonchev–Trinajstić information content (AvgIpc) is 2.57. The van der Waals surface area contributed by atoms with Crippen molar-refractivity contribution in [2.45, 2.75) is 6.18 Å². The van der Waals surface area contributed by atoms with E-state index in [-0.39, 0.29) is 22.4 Å². The summed E-state index contributed by atoms with van der Waals surface area (Å²) in [6, 6.07) is 10.9. The molecule has 0 fully saturated rings. The fourth-order valence-corrected chi connectivity index (χ4v) is 2.70. The zero-order valence-corrected chi connectivity index (χ0v) is 15.0. The molecule has 0 bridgehead atoms. The lowest BCUT2D eigenvalue weighted by molar-refractivity contribution is -0.137. The smallest absolute Gasteiger partial charge is 0.339 e. The molecule has 0 saturated heterocycles. The fraction of sp³-hybridized carbons (Fsp3) is 0.0588. The third kappa shape index (κ3) is 4.38. The second-order valence-corrected chi connectivity index (χ2v) is 6.46. The van der Waals surface area contributed by atoms with Gasteiger partial charge in [0.25, 0.3) is 0 Å². The fourth-order valence-electron chi connectivity index (χ4n) is 2.18. The van der Waals surface area contributed by atoms with E-state index in [0.29, 0.717) is 15.7 Å². The van der Waals surface area contributed by atoms with Crippen molar-refractivity contribution in [2.75, 3.05) is 5.32 Å². The molecule has 0 aliphatic carbocycles. The summed E-state index contributed by atoms with van der Waals surface area (Å²) in [6.45, 7) is 0. The summed E-state index contributed by atoms with van der Waals surface area (Å²) in [7, 11) is 0. The number of anilines is 2. The molecule has 0 atom stereocenters. The van der Waals surface area contributed by atoms with Crippen molar-refractivity contribution in [3.05, 3.63) is 69.3 Å². The summed E-state index contributed by atoms with van der Waals surface area (Å²) in [5, 5.41) is 3.84. The molecule has 1 heterocycles. The van der Waals surface area contributed by atoms with Crippen LogP contribution < -0.4 is 5.32 Å². The normalized spacial score (nSPS) is 11.5. The van der Waals surface area contributed by atoms with Gasteiger partial charge in [-0.3, -0.25) is 0 Å². The van der Waals surface area contributed by atoms with Gasteiger partial charge in [0.2, 0.25) is 0 Å². The summed E-state index contributed by atoms with van der Waals surface area (Å²) < 4.78 is 38.7. The van der Waals surface area contributed by atoms with Crippen molar-refractivity contribution in [1.82, 2.24) is 9.97 Å². The van der Waals surface area contributed by atoms with Crippen molar-refractivity contribution in [2.24, 2.45) is 0 Å². The van der Waals surface area contributed by atoms with Gasteiger partial charge in [0.15, 0.2) is 5.82 Å². The van der Waals surface area contributed by atoms with Crippen LogP contribution in [0.15, 0.2) is 48.5 Å². The van der Waals surface area contributed by atoms with Gasteiger partial charge in [0.05, 0.1) is 16.3 Å². The molecule has 0 aliphatic rings. The molecular weight excluding hydrogens is 410 g/mol. The second kappa shape index (κ2) is 7.31. The Hall–Kier alpha value is -2.02. The standard InChI is InChI=1S/C17H9Cl3F3N3/c18-11-4-5-12(19)13(7-11)24-15-8-14(20)25-16(26-15)9-2-1-3-10(6-9)17(21,22)23/h1-8H,(H,24,25,26). The molecule has 1 aromatic heterocycles. The van der Waals surface area contributed by atoms with Crippen LogP contribution in [0.2, 0.25) is 15.2 Å². The largest absolute Gasteiger partial charge is 0.416 e. The van der Waals surface area contributed by atoms with Crippen LogP contribution in [0, 0.1) is 0 Å². The molecular formula is C17H9Cl3F3N3. The molecule has 0 aliphatic heterocycles. The minimum atomic E-state index is -4.47. The number of halogens is 6. The predicted molar refractivity (Wildman–Crippen MR) is 97.2 cm³/mol. The molecule has 0 radical (unpaired) electrons. The first-order chi connectivity index (χ1) is 12.2. The third-order valence-electron chi connectivity index (χ3n) is 3.33. The second-order valence-electron chi connectivity index (χ2n) is 5.23. The van der Waals surface area contributed by atoms with Crippen LogP contribution in [0.1, 0.15) is 5.56 Å². The van der Waals surface area contributed by atoms with Crippen LogP contribution in [-0.2, 0) is 6.18 Å². The number of hydrogen-bond donors (Lipinski definition) is 1. The summed E-state index contributed by atoms with van der Waals surface area (Å²) in [6.07, 6.45) is -4.47. The van der Waals surface area contributed by atoms with E-state index >= 15 is 0 Å². The maximum absolute atomic E-state index is 12.9. The number of rotatable bonds is 3. The highest BCUT2D eigenvalue weighted by molar-refractivity contribution is 6.35. The van der Waals surface area contributed by atoms with Gasteiger partial charge in [-0.1, -0.05) is 46.9 Å². The van der Waals surface area contributed by atoms with Gasteiger partial charge in [-0.15, -0.1) is 0 Å². The van der Waals surface area contributed by atoms with Gasteiger partial charge in [-0.25, -0.2) is 9.97 Å². The molecule has 134 valence electrons. The summed E-state index contributed by atoms with van der Waals surface area (Å²) in [4.78, 5) is 8.21. The van der Waals surface area contributed by atoms with Gasteiger partial charge in [-0.2, -0.15) is 13.2 Å². The first-order valence-electron chi connectivity index (χ1n) is 7.17. The molecule has 0 saturated carbocycles. The zero-order valence-electron chi connectivity index (χ0n) is 12.8. The predicted octanol–water partition coefficient (Wildman–Crippen LogP) is 6.87. The first-order valence-corrected chi connectivity index (χ1v) is 8.30. The van der Waals surface area contributed by atoms with Gasteiger partial charge in [-0.05, 0) is 30.3 Å². The van der Waals surface area contributed by atoms with E-state index in [0.717, 1.165) is 12.1 Å².